The van der Waals surface area contributed by atoms with Gasteiger partial charge in [0.25, 0.3) is 5.91 Å². The second kappa shape index (κ2) is 8.98. The van der Waals surface area contributed by atoms with Crippen LogP contribution >= 0.6 is 0 Å². The van der Waals surface area contributed by atoms with E-state index in [4.69, 9.17) is 9.15 Å². The number of hydrogen-bond acceptors (Lipinski definition) is 4. The van der Waals surface area contributed by atoms with E-state index < -0.39 is 17.9 Å². The second-order valence-electron chi connectivity index (χ2n) is 7.65. The SMILES string of the molecule is COc1ccc2oc(C(=O)NC(Cc3ccc(-c4cccc(C)c4)cc3)C(=O)O)cc2c1. The van der Waals surface area contributed by atoms with Crippen LogP contribution in [-0.2, 0) is 11.2 Å². The summed E-state index contributed by atoms with van der Waals surface area (Å²) in [5, 5.41) is 12.9. The van der Waals surface area contributed by atoms with Crippen molar-refractivity contribution < 1.29 is 23.8 Å². The summed E-state index contributed by atoms with van der Waals surface area (Å²) >= 11 is 0. The first-order chi connectivity index (χ1) is 15.4. The minimum atomic E-state index is -1.11. The van der Waals surface area contributed by atoms with Crippen LogP contribution in [0.4, 0.5) is 0 Å². The van der Waals surface area contributed by atoms with E-state index in [0.717, 1.165) is 16.7 Å². The van der Waals surface area contributed by atoms with E-state index in [9.17, 15) is 14.7 Å². The molecular weight excluding hydrogens is 406 g/mol. The molecule has 6 nitrogen and oxygen atoms in total. The highest BCUT2D eigenvalue weighted by Gasteiger charge is 2.23. The minimum Gasteiger partial charge on any atom is -0.497 e. The van der Waals surface area contributed by atoms with E-state index in [0.29, 0.717) is 16.7 Å². The van der Waals surface area contributed by atoms with E-state index in [2.05, 4.69) is 11.4 Å². The van der Waals surface area contributed by atoms with Gasteiger partial charge in [-0.1, -0.05) is 54.1 Å². The van der Waals surface area contributed by atoms with Gasteiger partial charge in [-0.25, -0.2) is 4.79 Å². The van der Waals surface area contributed by atoms with Gasteiger partial charge in [0, 0.05) is 11.8 Å². The fourth-order valence-electron chi connectivity index (χ4n) is 3.58. The van der Waals surface area contributed by atoms with Crippen LogP contribution in [0.5, 0.6) is 5.75 Å². The molecule has 1 atom stereocenters. The Bertz CT molecular complexity index is 1270. The van der Waals surface area contributed by atoms with Crippen molar-refractivity contribution in [1.82, 2.24) is 5.32 Å². The third kappa shape index (κ3) is 4.64. The Morgan fingerprint density at radius 3 is 2.47 bits per heavy atom. The molecular formula is C26H23NO5. The maximum absolute atomic E-state index is 12.6. The molecule has 6 heteroatoms. The molecule has 1 aromatic heterocycles. The van der Waals surface area contributed by atoms with Crippen molar-refractivity contribution in [3.05, 3.63) is 89.7 Å². The van der Waals surface area contributed by atoms with Crippen molar-refractivity contribution in [2.75, 3.05) is 7.11 Å². The van der Waals surface area contributed by atoms with Crippen LogP contribution in [0.3, 0.4) is 0 Å². The second-order valence-corrected chi connectivity index (χ2v) is 7.65. The van der Waals surface area contributed by atoms with Crippen LogP contribution in [0.25, 0.3) is 22.1 Å². The molecule has 2 N–H and O–H groups in total. The molecule has 0 spiro atoms. The van der Waals surface area contributed by atoms with Gasteiger partial charge in [0.1, 0.15) is 17.4 Å². The highest BCUT2D eigenvalue weighted by atomic mass is 16.5. The van der Waals surface area contributed by atoms with Gasteiger partial charge in [-0.2, -0.15) is 0 Å². The first kappa shape index (κ1) is 21.2. The van der Waals surface area contributed by atoms with Gasteiger partial charge in [0.2, 0.25) is 0 Å². The van der Waals surface area contributed by atoms with E-state index in [1.54, 1.807) is 31.4 Å². The largest absolute Gasteiger partial charge is 0.497 e. The van der Waals surface area contributed by atoms with Crippen LogP contribution in [0.15, 0.2) is 77.2 Å². The number of benzene rings is 3. The van der Waals surface area contributed by atoms with Crippen LogP contribution in [0.1, 0.15) is 21.7 Å². The zero-order valence-corrected chi connectivity index (χ0v) is 17.8. The number of methoxy groups -OCH3 is 1. The number of fused-ring (bicyclic) bond motifs is 1. The Labute approximate surface area is 185 Å². The topological polar surface area (TPSA) is 88.8 Å². The van der Waals surface area contributed by atoms with Crippen LogP contribution < -0.4 is 10.1 Å². The van der Waals surface area contributed by atoms with Crippen LogP contribution in [-0.4, -0.2) is 30.1 Å². The van der Waals surface area contributed by atoms with Gasteiger partial charge in [0.15, 0.2) is 5.76 Å². The Kier molecular flexibility index (Phi) is 5.94. The molecule has 0 fully saturated rings. The summed E-state index contributed by atoms with van der Waals surface area (Å²) in [4.78, 5) is 24.4. The monoisotopic (exact) mass is 429 g/mol. The summed E-state index contributed by atoms with van der Waals surface area (Å²) in [7, 11) is 1.56. The summed E-state index contributed by atoms with van der Waals surface area (Å²) in [6, 6.07) is 21.5. The summed E-state index contributed by atoms with van der Waals surface area (Å²) in [5.41, 5.74) is 4.65. The van der Waals surface area contributed by atoms with E-state index >= 15 is 0 Å². The lowest BCUT2D eigenvalue weighted by atomic mass is 9.99. The van der Waals surface area contributed by atoms with Gasteiger partial charge in [-0.15, -0.1) is 0 Å². The van der Waals surface area contributed by atoms with Gasteiger partial charge >= 0.3 is 5.97 Å². The van der Waals surface area contributed by atoms with Crippen molar-refractivity contribution in [3.63, 3.8) is 0 Å². The molecule has 0 radical (unpaired) electrons. The first-order valence-electron chi connectivity index (χ1n) is 10.2. The van der Waals surface area contributed by atoms with Crippen molar-refractivity contribution in [3.8, 4) is 16.9 Å². The molecule has 1 amide bonds. The van der Waals surface area contributed by atoms with E-state index in [1.165, 1.54) is 5.56 Å². The lowest BCUT2D eigenvalue weighted by molar-refractivity contribution is -0.139. The fraction of sp³-hybridized carbons (Fsp3) is 0.154. The maximum Gasteiger partial charge on any atom is 0.326 e. The quantitative estimate of drug-likeness (QED) is 0.439. The molecule has 0 saturated heterocycles. The number of carboxylic acid groups (broad SMARTS) is 1. The Morgan fingerprint density at radius 1 is 1.00 bits per heavy atom. The highest BCUT2D eigenvalue weighted by Crippen LogP contribution is 2.25. The number of hydrogen-bond donors (Lipinski definition) is 2. The predicted molar refractivity (Wildman–Crippen MR) is 122 cm³/mol. The van der Waals surface area contributed by atoms with Crippen molar-refractivity contribution in [2.24, 2.45) is 0 Å². The maximum atomic E-state index is 12.6. The van der Waals surface area contributed by atoms with Crippen molar-refractivity contribution in [1.29, 1.82) is 0 Å². The number of carbonyl (C=O) groups excluding carboxylic acids is 1. The lowest BCUT2D eigenvalue weighted by Gasteiger charge is -2.14. The number of furan rings is 1. The molecule has 4 aromatic rings. The third-order valence-corrected chi connectivity index (χ3v) is 5.30. The van der Waals surface area contributed by atoms with E-state index in [-0.39, 0.29) is 12.2 Å². The number of ether oxygens (including phenoxy) is 1. The molecule has 4 rings (SSSR count). The number of amides is 1. The van der Waals surface area contributed by atoms with Gasteiger partial charge in [-0.3, -0.25) is 4.79 Å². The number of carbonyl (C=O) groups is 2. The molecule has 0 bridgehead atoms. The minimum absolute atomic E-state index is 0.0503. The Balaban J connectivity index is 1.48. The van der Waals surface area contributed by atoms with Gasteiger partial charge in [-0.05, 0) is 47.9 Å². The van der Waals surface area contributed by atoms with Crippen molar-refractivity contribution in [2.45, 2.75) is 19.4 Å². The van der Waals surface area contributed by atoms with Crippen LogP contribution in [0, 0.1) is 6.92 Å². The summed E-state index contributed by atoms with van der Waals surface area (Å²) in [6.07, 6.45) is 0.156. The number of aliphatic carboxylic acids is 1. The zero-order valence-electron chi connectivity index (χ0n) is 17.8. The molecule has 0 aliphatic rings. The standard InChI is InChI=1S/C26H23NO5/c1-16-4-3-5-19(12-16)18-8-6-17(7-9-18)13-22(26(29)30)27-25(28)24-15-20-14-21(31-2)10-11-23(20)32-24/h3-12,14-15,22H,13H2,1-2H3,(H,27,28)(H,29,30). The Hall–Kier alpha value is -4.06. The molecule has 3 aromatic carbocycles. The molecule has 32 heavy (non-hydrogen) atoms. The highest BCUT2D eigenvalue weighted by molar-refractivity contribution is 5.98. The molecule has 162 valence electrons. The summed E-state index contributed by atoms with van der Waals surface area (Å²) in [6.45, 7) is 2.04. The molecule has 0 aliphatic heterocycles. The zero-order chi connectivity index (χ0) is 22.7. The lowest BCUT2D eigenvalue weighted by Crippen LogP contribution is -2.42. The first-order valence-corrected chi connectivity index (χ1v) is 10.2. The smallest absolute Gasteiger partial charge is 0.326 e. The average molecular weight is 429 g/mol. The number of aryl methyl sites for hydroxylation is 1. The van der Waals surface area contributed by atoms with Crippen molar-refractivity contribution >= 4 is 22.8 Å². The fourth-order valence-corrected chi connectivity index (χ4v) is 3.58. The van der Waals surface area contributed by atoms with Gasteiger partial charge < -0.3 is 19.6 Å². The molecule has 0 aliphatic carbocycles. The van der Waals surface area contributed by atoms with Gasteiger partial charge in [0.05, 0.1) is 7.11 Å². The number of nitrogens with one attached hydrogen (secondary N) is 1. The average Bonchev–Trinajstić information content (AvgIpc) is 3.22. The molecule has 1 unspecified atom stereocenters. The number of rotatable bonds is 7. The predicted octanol–water partition coefficient (Wildman–Crippen LogP) is 4.84. The third-order valence-electron chi connectivity index (χ3n) is 5.30. The molecule has 1 heterocycles. The van der Waals surface area contributed by atoms with E-state index in [1.807, 2.05) is 49.4 Å². The Morgan fingerprint density at radius 2 is 1.78 bits per heavy atom. The number of carboxylic acids is 1. The molecule has 0 saturated carbocycles. The summed E-state index contributed by atoms with van der Waals surface area (Å²) < 4.78 is 10.8. The normalized spacial score (nSPS) is 11.8. The summed E-state index contributed by atoms with van der Waals surface area (Å²) in [5.74, 6) is -1.00. The van der Waals surface area contributed by atoms with Crippen LogP contribution in [0.2, 0.25) is 0 Å².